The first-order valence-corrected chi connectivity index (χ1v) is 9.94. The van der Waals surface area contributed by atoms with Gasteiger partial charge in [0.2, 0.25) is 0 Å². The van der Waals surface area contributed by atoms with Crippen molar-refractivity contribution >= 4 is 17.7 Å². The lowest BCUT2D eigenvalue weighted by Crippen LogP contribution is -2.50. The van der Waals surface area contributed by atoms with Crippen molar-refractivity contribution in [2.24, 2.45) is 0 Å². The standard InChI is InChI=1S/C22H29N3O4/c1-22(2,3)29-21(27)25-14-12-24(13-15-25)11-10-17-6-8-18(9-7-17)23-20(26)19-5-4-16-28-19/h4-9,16H,10-15H2,1-3H3,(H,23,26). The molecular formula is C22H29N3O4. The Morgan fingerprint density at radius 3 is 2.34 bits per heavy atom. The van der Waals surface area contributed by atoms with E-state index in [-0.39, 0.29) is 12.0 Å². The molecule has 1 N–H and O–H groups in total. The highest BCUT2D eigenvalue weighted by atomic mass is 16.6. The molecule has 0 radical (unpaired) electrons. The summed E-state index contributed by atoms with van der Waals surface area (Å²) in [5.41, 5.74) is 1.48. The SMILES string of the molecule is CC(C)(C)OC(=O)N1CCN(CCc2ccc(NC(=O)c3ccco3)cc2)CC1. The maximum absolute atomic E-state index is 12.1. The molecule has 2 heterocycles. The predicted molar refractivity (Wildman–Crippen MR) is 111 cm³/mol. The summed E-state index contributed by atoms with van der Waals surface area (Å²) in [6, 6.07) is 11.2. The number of furan rings is 1. The molecule has 1 saturated heterocycles. The fourth-order valence-electron chi connectivity index (χ4n) is 3.12. The third-order valence-corrected chi connectivity index (χ3v) is 4.70. The summed E-state index contributed by atoms with van der Waals surface area (Å²) in [7, 11) is 0. The van der Waals surface area contributed by atoms with Gasteiger partial charge in [0.1, 0.15) is 5.60 Å². The molecule has 0 spiro atoms. The fraction of sp³-hybridized carbons (Fsp3) is 0.455. The number of rotatable bonds is 5. The average Bonchev–Trinajstić information content (AvgIpc) is 3.21. The van der Waals surface area contributed by atoms with Crippen LogP contribution in [0.2, 0.25) is 0 Å². The van der Waals surface area contributed by atoms with E-state index in [0.717, 1.165) is 31.7 Å². The lowest BCUT2D eigenvalue weighted by molar-refractivity contribution is 0.0146. The van der Waals surface area contributed by atoms with Crippen LogP contribution in [-0.4, -0.2) is 60.1 Å². The molecular weight excluding hydrogens is 370 g/mol. The number of nitrogens with zero attached hydrogens (tertiary/aromatic N) is 2. The molecule has 0 saturated carbocycles. The van der Waals surface area contributed by atoms with Gasteiger partial charge in [0.15, 0.2) is 5.76 Å². The van der Waals surface area contributed by atoms with Crippen molar-refractivity contribution in [3.8, 4) is 0 Å². The Morgan fingerprint density at radius 2 is 1.76 bits per heavy atom. The molecule has 0 unspecified atom stereocenters. The molecule has 0 aliphatic carbocycles. The van der Waals surface area contributed by atoms with Gasteiger partial charge in [0, 0.05) is 38.4 Å². The van der Waals surface area contributed by atoms with Crippen molar-refractivity contribution in [2.75, 3.05) is 38.0 Å². The summed E-state index contributed by atoms with van der Waals surface area (Å²) >= 11 is 0. The van der Waals surface area contributed by atoms with E-state index in [1.165, 1.54) is 11.8 Å². The minimum atomic E-state index is -0.461. The van der Waals surface area contributed by atoms with Gasteiger partial charge in [-0.1, -0.05) is 12.1 Å². The number of hydrogen-bond donors (Lipinski definition) is 1. The van der Waals surface area contributed by atoms with Crippen molar-refractivity contribution < 1.29 is 18.7 Å². The first-order valence-electron chi connectivity index (χ1n) is 9.94. The van der Waals surface area contributed by atoms with E-state index in [2.05, 4.69) is 10.2 Å². The summed E-state index contributed by atoms with van der Waals surface area (Å²) in [5.74, 6) is 0.0326. The number of carbonyl (C=O) groups is 2. The number of amides is 2. The van der Waals surface area contributed by atoms with E-state index in [1.54, 1.807) is 17.0 Å². The molecule has 7 heteroatoms. The molecule has 1 aliphatic rings. The Labute approximate surface area is 171 Å². The van der Waals surface area contributed by atoms with E-state index in [0.29, 0.717) is 18.8 Å². The van der Waals surface area contributed by atoms with Gasteiger partial charge in [-0.15, -0.1) is 0 Å². The summed E-state index contributed by atoms with van der Waals surface area (Å²) < 4.78 is 10.5. The number of piperazine rings is 1. The summed E-state index contributed by atoms with van der Waals surface area (Å²) in [5, 5.41) is 2.82. The van der Waals surface area contributed by atoms with Gasteiger partial charge in [-0.2, -0.15) is 0 Å². The Morgan fingerprint density at radius 1 is 1.07 bits per heavy atom. The smallest absolute Gasteiger partial charge is 0.410 e. The topological polar surface area (TPSA) is 75.0 Å². The highest BCUT2D eigenvalue weighted by Crippen LogP contribution is 2.14. The van der Waals surface area contributed by atoms with Crippen LogP contribution in [0.5, 0.6) is 0 Å². The Hall–Kier alpha value is -2.80. The van der Waals surface area contributed by atoms with Crippen LogP contribution < -0.4 is 5.32 Å². The number of hydrogen-bond acceptors (Lipinski definition) is 5. The Bertz CT molecular complexity index is 802. The molecule has 1 aromatic heterocycles. The predicted octanol–water partition coefficient (Wildman–Crippen LogP) is 3.63. The maximum Gasteiger partial charge on any atom is 0.410 e. The number of nitrogens with one attached hydrogen (secondary N) is 1. The van der Waals surface area contributed by atoms with Crippen LogP contribution in [-0.2, 0) is 11.2 Å². The number of ether oxygens (including phenoxy) is 1. The van der Waals surface area contributed by atoms with Gasteiger partial charge in [0.25, 0.3) is 5.91 Å². The molecule has 2 amide bonds. The van der Waals surface area contributed by atoms with Crippen LogP contribution in [0.1, 0.15) is 36.9 Å². The van der Waals surface area contributed by atoms with Gasteiger partial charge < -0.3 is 19.4 Å². The minimum absolute atomic E-state index is 0.232. The van der Waals surface area contributed by atoms with Crippen molar-refractivity contribution in [1.82, 2.24) is 9.80 Å². The Balaban J connectivity index is 1.41. The molecule has 0 bridgehead atoms. The number of carbonyl (C=O) groups excluding carboxylic acids is 2. The van der Waals surface area contributed by atoms with Crippen molar-refractivity contribution in [2.45, 2.75) is 32.8 Å². The largest absolute Gasteiger partial charge is 0.459 e. The zero-order valence-corrected chi connectivity index (χ0v) is 17.3. The van der Waals surface area contributed by atoms with E-state index >= 15 is 0 Å². The molecule has 0 atom stereocenters. The second-order valence-corrected chi connectivity index (χ2v) is 8.19. The van der Waals surface area contributed by atoms with Crippen LogP contribution >= 0.6 is 0 Å². The van der Waals surface area contributed by atoms with Crippen LogP contribution in [0.4, 0.5) is 10.5 Å². The van der Waals surface area contributed by atoms with Crippen molar-refractivity contribution in [1.29, 1.82) is 0 Å². The molecule has 2 aromatic rings. The molecule has 1 aliphatic heterocycles. The van der Waals surface area contributed by atoms with Gasteiger partial charge in [-0.25, -0.2) is 4.79 Å². The normalized spacial score (nSPS) is 15.2. The molecule has 1 fully saturated rings. The van der Waals surface area contributed by atoms with Gasteiger partial charge in [-0.3, -0.25) is 9.69 Å². The molecule has 1 aromatic carbocycles. The van der Waals surface area contributed by atoms with Crippen LogP contribution in [0.25, 0.3) is 0 Å². The molecule has 156 valence electrons. The maximum atomic E-state index is 12.1. The van der Waals surface area contributed by atoms with Crippen molar-refractivity contribution in [3.05, 3.63) is 54.0 Å². The van der Waals surface area contributed by atoms with E-state index in [9.17, 15) is 9.59 Å². The lowest BCUT2D eigenvalue weighted by atomic mass is 10.1. The highest BCUT2D eigenvalue weighted by Gasteiger charge is 2.25. The number of benzene rings is 1. The quantitative estimate of drug-likeness (QED) is 0.831. The third kappa shape index (κ3) is 6.35. The fourth-order valence-corrected chi connectivity index (χ4v) is 3.12. The number of anilines is 1. The third-order valence-electron chi connectivity index (χ3n) is 4.70. The Kier molecular flexibility index (Phi) is 6.59. The molecule has 3 rings (SSSR count). The molecule has 29 heavy (non-hydrogen) atoms. The summed E-state index contributed by atoms with van der Waals surface area (Å²) in [6.45, 7) is 9.64. The molecule has 7 nitrogen and oxygen atoms in total. The first kappa shape index (κ1) is 20.9. The van der Waals surface area contributed by atoms with Crippen LogP contribution in [0.3, 0.4) is 0 Å². The zero-order chi connectivity index (χ0) is 20.9. The van der Waals surface area contributed by atoms with Crippen LogP contribution in [0.15, 0.2) is 47.1 Å². The second kappa shape index (κ2) is 9.13. The summed E-state index contributed by atoms with van der Waals surface area (Å²) in [4.78, 5) is 28.3. The van der Waals surface area contributed by atoms with Crippen molar-refractivity contribution in [3.63, 3.8) is 0 Å². The van der Waals surface area contributed by atoms with E-state index in [4.69, 9.17) is 9.15 Å². The zero-order valence-electron chi connectivity index (χ0n) is 17.3. The summed E-state index contributed by atoms with van der Waals surface area (Å²) in [6.07, 6.45) is 2.16. The highest BCUT2D eigenvalue weighted by molar-refractivity contribution is 6.02. The van der Waals surface area contributed by atoms with Gasteiger partial charge >= 0.3 is 6.09 Å². The van der Waals surface area contributed by atoms with Crippen LogP contribution in [0, 0.1) is 0 Å². The van der Waals surface area contributed by atoms with E-state index in [1.807, 2.05) is 45.0 Å². The van der Waals surface area contributed by atoms with Gasteiger partial charge in [-0.05, 0) is 57.0 Å². The minimum Gasteiger partial charge on any atom is -0.459 e. The second-order valence-electron chi connectivity index (χ2n) is 8.19. The first-order chi connectivity index (χ1) is 13.8. The lowest BCUT2D eigenvalue weighted by Gasteiger charge is -2.35. The average molecular weight is 399 g/mol. The van der Waals surface area contributed by atoms with Gasteiger partial charge in [0.05, 0.1) is 6.26 Å². The van der Waals surface area contributed by atoms with E-state index < -0.39 is 5.60 Å². The monoisotopic (exact) mass is 399 g/mol.